The molecule has 82 valence electrons. The van der Waals surface area contributed by atoms with Crippen LogP contribution in [0.1, 0.15) is 31.3 Å². The Morgan fingerprint density at radius 3 is 2.47 bits per heavy atom. The van der Waals surface area contributed by atoms with E-state index in [-0.39, 0.29) is 16.0 Å². The summed E-state index contributed by atoms with van der Waals surface area (Å²) in [7, 11) is 0. The zero-order chi connectivity index (χ0) is 11.6. The summed E-state index contributed by atoms with van der Waals surface area (Å²) in [6.07, 6.45) is 1.54. The molecule has 0 saturated heterocycles. The fourth-order valence-electron chi connectivity index (χ4n) is 1.05. The van der Waals surface area contributed by atoms with Gasteiger partial charge >= 0.3 is 0 Å². The van der Waals surface area contributed by atoms with Gasteiger partial charge < -0.3 is 0 Å². The Hall–Kier alpha value is -0.410. The highest BCUT2D eigenvalue weighted by atomic mass is 79.9. The number of rotatable bonds is 2. The Kier molecular flexibility index (Phi) is 3.90. The zero-order valence-corrected chi connectivity index (χ0v) is 11.3. The van der Waals surface area contributed by atoms with E-state index < -0.39 is 0 Å². The van der Waals surface area contributed by atoms with Crippen molar-refractivity contribution in [1.82, 2.24) is 4.98 Å². The van der Waals surface area contributed by atoms with E-state index in [1.165, 1.54) is 0 Å². The largest absolute Gasteiger partial charge is 0.297 e. The molecule has 1 atom stereocenters. The van der Waals surface area contributed by atoms with E-state index in [2.05, 4.69) is 20.9 Å². The Morgan fingerprint density at radius 2 is 2.07 bits per heavy atom. The second-order valence-corrected chi connectivity index (χ2v) is 5.73. The zero-order valence-electron chi connectivity index (χ0n) is 8.92. The molecule has 0 radical (unpaired) electrons. The van der Waals surface area contributed by atoms with Crippen molar-refractivity contribution in [2.75, 3.05) is 0 Å². The van der Waals surface area contributed by atoms with Crippen LogP contribution in [0.3, 0.4) is 0 Å². The number of hydrogen-bond donors (Lipinski definition) is 0. The van der Waals surface area contributed by atoms with Crippen molar-refractivity contribution >= 4 is 33.3 Å². The number of Topliss-reactive ketones (excluding diaryl/α,β-unsaturated/α-hetero) is 1. The summed E-state index contributed by atoms with van der Waals surface area (Å²) in [6.45, 7) is 5.67. The molecule has 0 aromatic carbocycles. The summed E-state index contributed by atoms with van der Waals surface area (Å²) >= 11 is 9.08. The molecule has 0 bridgehead atoms. The molecule has 0 aliphatic rings. The van der Waals surface area contributed by atoms with Crippen molar-refractivity contribution in [2.45, 2.75) is 25.6 Å². The molecule has 1 unspecified atom stereocenters. The van der Waals surface area contributed by atoms with Gasteiger partial charge in [0.15, 0.2) is 5.78 Å². The minimum absolute atomic E-state index is 0.109. The lowest BCUT2D eigenvalue weighted by Crippen LogP contribution is -2.24. The number of aromatic nitrogens is 1. The van der Waals surface area contributed by atoms with E-state index in [0.29, 0.717) is 10.7 Å². The standard InChI is InChI=1S/C11H13BrClNO/c1-11(2,3)10(15)9(12)8-5-4-7(13)6-14-8/h4-6,9H,1-3H3. The number of carbonyl (C=O) groups is 1. The van der Waals surface area contributed by atoms with Gasteiger partial charge in [-0.05, 0) is 12.1 Å². The van der Waals surface area contributed by atoms with Gasteiger partial charge in [-0.3, -0.25) is 9.78 Å². The van der Waals surface area contributed by atoms with Gasteiger partial charge in [0.2, 0.25) is 0 Å². The first-order valence-corrected chi connectivity index (χ1v) is 5.91. The van der Waals surface area contributed by atoms with Crippen LogP contribution in [0.2, 0.25) is 5.02 Å². The van der Waals surface area contributed by atoms with Gasteiger partial charge in [-0.15, -0.1) is 0 Å². The Balaban J connectivity index is 2.90. The maximum Gasteiger partial charge on any atom is 0.157 e. The third-order valence-corrected chi connectivity index (χ3v) is 3.09. The van der Waals surface area contributed by atoms with Crippen molar-refractivity contribution in [1.29, 1.82) is 0 Å². The summed E-state index contributed by atoms with van der Waals surface area (Å²) < 4.78 is 0. The van der Waals surface area contributed by atoms with Crippen LogP contribution in [0.15, 0.2) is 18.3 Å². The average Bonchev–Trinajstić information content (AvgIpc) is 2.15. The molecular weight excluding hydrogens is 277 g/mol. The third-order valence-electron chi connectivity index (χ3n) is 1.98. The molecule has 0 saturated carbocycles. The molecule has 4 heteroatoms. The molecule has 1 aromatic heterocycles. The van der Waals surface area contributed by atoms with Crippen molar-refractivity contribution in [3.05, 3.63) is 29.0 Å². The van der Waals surface area contributed by atoms with Crippen LogP contribution in [0, 0.1) is 5.41 Å². The molecule has 0 aliphatic carbocycles. The molecule has 1 rings (SSSR count). The van der Waals surface area contributed by atoms with E-state index in [4.69, 9.17) is 11.6 Å². The van der Waals surface area contributed by atoms with Gasteiger partial charge in [-0.25, -0.2) is 0 Å². The smallest absolute Gasteiger partial charge is 0.157 e. The number of ketones is 1. The van der Waals surface area contributed by atoms with Gasteiger partial charge in [0.25, 0.3) is 0 Å². The molecule has 0 aliphatic heterocycles. The molecule has 0 amide bonds. The molecule has 0 N–H and O–H groups in total. The van der Waals surface area contributed by atoms with Crippen molar-refractivity contribution < 1.29 is 4.79 Å². The molecule has 15 heavy (non-hydrogen) atoms. The van der Waals surface area contributed by atoms with E-state index in [1.54, 1.807) is 18.3 Å². The molecule has 0 fully saturated rings. The van der Waals surface area contributed by atoms with Gasteiger partial charge in [0, 0.05) is 11.6 Å². The normalized spacial score (nSPS) is 13.7. The monoisotopic (exact) mass is 289 g/mol. The number of pyridine rings is 1. The lowest BCUT2D eigenvalue weighted by Gasteiger charge is -2.20. The fourth-order valence-corrected chi connectivity index (χ4v) is 2.12. The first-order valence-electron chi connectivity index (χ1n) is 4.62. The second-order valence-electron chi connectivity index (χ2n) is 4.38. The minimum atomic E-state index is -0.379. The SMILES string of the molecule is CC(C)(C)C(=O)C(Br)c1ccc(Cl)cn1. The van der Waals surface area contributed by atoms with Gasteiger partial charge in [0.05, 0.1) is 10.7 Å². The van der Waals surface area contributed by atoms with Crippen LogP contribution in [-0.2, 0) is 4.79 Å². The van der Waals surface area contributed by atoms with E-state index in [0.717, 1.165) is 0 Å². The van der Waals surface area contributed by atoms with Crippen LogP contribution >= 0.6 is 27.5 Å². The molecule has 1 aromatic rings. The molecular formula is C11H13BrClNO. The van der Waals surface area contributed by atoms with Crippen molar-refractivity contribution in [3.8, 4) is 0 Å². The summed E-state index contributed by atoms with van der Waals surface area (Å²) in [6, 6.07) is 3.49. The summed E-state index contributed by atoms with van der Waals surface area (Å²) in [5.41, 5.74) is 0.314. The maximum atomic E-state index is 11.9. The lowest BCUT2D eigenvalue weighted by molar-refractivity contribution is -0.125. The topological polar surface area (TPSA) is 30.0 Å². The van der Waals surface area contributed by atoms with Gasteiger partial charge in [-0.2, -0.15) is 0 Å². The molecule has 2 nitrogen and oxygen atoms in total. The minimum Gasteiger partial charge on any atom is -0.297 e. The predicted molar refractivity (Wildman–Crippen MR) is 65.4 cm³/mol. The average molecular weight is 291 g/mol. The summed E-state index contributed by atoms with van der Waals surface area (Å²) in [4.78, 5) is 15.7. The first-order chi connectivity index (χ1) is 6.82. The number of hydrogen-bond acceptors (Lipinski definition) is 2. The Labute approximate surface area is 103 Å². The number of halogens is 2. The van der Waals surface area contributed by atoms with Crippen LogP contribution in [0.25, 0.3) is 0 Å². The molecule has 0 spiro atoms. The lowest BCUT2D eigenvalue weighted by atomic mass is 9.88. The first kappa shape index (κ1) is 12.7. The number of alkyl halides is 1. The molecule has 1 heterocycles. The van der Waals surface area contributed by atoms with E-state index in [9.17, 15) is 4.79 Å². The van der Waals surface area contributed by atoms with E-state index >= 15 is 0 Å². The highest BCUT2D eigenvalue weighted by Gasteiger charge is 2.29. The number of nitrogens with zero attached hydrogens (tertiary/aromatic N) is 1. The van der Waals surface area contributed by atoms with Crippen molar-refractivity contribution in [2.24, 2.45) is 5.41 Å². The Morgan fingerprint density at radius 1 is 1.47 bits per heavy atom. The van der Waals surface area contributed by atoms with Gasteiger partial charge in [0.1, 0.15) is 4.83 Å². The van der Waals surface area contributed by atoms with Crippen LogP contribution in [0.4, 0.5) is 0 Å². The third kappa shape index (κ3) is 3.28. The summed E-state index contributed by atoms with van der Waals surface area (Å²) in [5.74, 6) is 0.109. The highest BCUT2D eigenvalue weighted by Crippen LogP contribution is 2.31. The van der Waals surface area contributed by atoms with Crippen molar-refractivity contribution in [3.63, 3.8) is 0 Å². The summed E-state index contributed by atoms with van der Waals surface area (Å²) in [5, 5.41) is 0.571. The predicted octanol–water partition coefficient (Wildman–Crippen LogP) is 3.79. The highest BCUT2D eigenvalue weighted by molar-refractivity contribution is 9.09. The van der Waals surface area contributed by atoms with Crippen LogP contribution < -0.4 is 0 Å². The van der Waals surface area contributed by atoms with E-state index in [1.807, 2.05) is 20.8 Å². The Bertz CT molecular complexity index is 356. The van der Waals surface area contributed by atoms with Crippen LogP contribution in [0.5, 0.6) is 0 Å². The number of carbonyl (C=O) groups excluding carboxylic acids is 1. The van der Waals surface area contributed by atoms with Gasteiger partial charge in [-0.1, -0.05) is 48.3 Å². The second kappa shape index (κ2) is 4.62. The van der Waals surface area contributed by atoms with Crippen LogP contribution in [-0.4, -0.2) is 10.8 Å². The maximum absolute atomic E-state index is 11.9. The fraction of sp³-hybridized carbons (Fsp3) is 0.455. The quantitative estimate of drug-likeness (QED) is 0.776.